The SMILES string of the molecule is CC(C)(C)c1nnc(NCc2cccs2)o1. The second-order valence-electron chi connectivity index (χ2n) is 4.60. The van der Waals surface area contributed by atoms with Crippen LogP contribution in [0.4, 0.5) is 6.01 Å². The standard InChI is InChI=1S/C11H15N3OS/c1-11(2,3)9-13-14-10(15-9)12-7-8-5-4-6-16-8/h4-6H,7H2,1-3H3,(H,12,14). The molecule has 16 heavy (non-hydrogen) atoms. The summed E-state index contributed by atoms with van der Waals surface area (Å²) in [5.74, 6) is 0.654. The molecule has 0 aliphatic carbocycles. The molecule has 1 N–H and O–H groups in total. The Morgan fingerprint density at radius 2 is 2.19 bits per heavy atom. The molecular weight excluding hydrogens is 222 g/mol. The molecule has 0 aromatic carbocycles. The first-order valence-electron chi connectivity index (χ1n) is 5.16. The summed E-state index contributed by atoms with van der Waals surface area (Å²) in [5, 5.41) is 13.1. The third-order valence-corrected chi connectivity index (χ3v) is 2.94. The van der Waals surface area contributed by atoms with Crippen molar-refractivity contribution in [2.45, 2.75) is 32.7 Å². The number of nitrogens with zero attached hydrogens (tertiary/aromatic N) is 2. The molecule has 5 heteroatoms. The summed E-state index contributed by atoms with van der Waals surface area (Å²) in [4.78, 5) is 1.25. The van der Waals surface area contributed by atoms with Crippen LogP contribution in [0.5, 0.6) is 0 Å². The van der Waals surface area contributed by atoms with Crippen LogP contribution >= 0.6 is 11.3 Å². The lowest BCUT2D eigenvalue weighted by Gasteiger charge is -2.10. The van der Waals surface area contributed by atoms with Gasteiger partial charge >= 0.3 is 6.01 Å². The zero-order valence-electron chi connectivity index (χ0n) is 9.65. The fourth-order valence-electron chi connectivity index (χ4n) is 1.17. The zero-order valence-corrected chi connectivity index (χ0v) is 10.5. The highest BCUT2D eigenvalue weighted by molar-refractivity contribution is 7.09. The van der Waals surface area contributed by atoms with Gasteiger partial charge in [-0.3, -0.25) is 0 Å². The number of hydrogen-bond donors (Lipinski definition) is 1. The summed E-state index contributed by atoms with van der Waals surface area (Å²) in [6, 6.07) is 4.58. The van der Waals surface area contributed by atoms with E-state index < -0.39 is 0 Å². The number of aromatic nitrogens is 2. The van der Waals surface area contributed by atoms with Gasteiger partial charge in [0.15, 0.2) is 0 Å². The van der Waals surface area contributed by atoms with Crippen molar-refractivity contribution in [1.82, 2.24) is 10.2 Å². The maximum Gasteiger partial charge on any atom is 0.315 e. The van der Waals surface area contributed by atoms with Crippen LogP contribution in [0.1, 0.15) is 31.5 Å². The van der Waals surface area contributed by atoms with E-state index in [1.807, 2.05) is 32.2 Å². The van der Waals surface area contributed by atoms with Gasteiger partial charge in [-0.05, 0) is 11.4 Å². The molecule has 2 aromatic heterocycles. The minimum atomic E-state index is -0.101. The predicted molar refractivity (Wildman–Crippen MR) is 64.6 cm³/mol. The molecule has 0 saturated heterocycles. The van der Waals surface area contributed by atoms with Crippen LogP contribution in [0.25, 0.3) is 0 Å². The topological polar surface area (TPSA) is 51.0 Å². The van der Waals surface area contributed by atoms with Crippen molar-refractivity contribution in [2.75, 3.05) is 5.32 Å². The second kappa shape index (κ2) is 4.25. The Balaban J connectivity index is 1.98. The van der Waals surface area contributed by atoms with Gasteiger partial charge < -0.3 is 9.73 Å². The highest BCUT2D eigenvalue weighted by atomic mass is 32.1. The monoisotopic (exact) mass is 237 g/mol. The van der Waals surface area contributed by atoms with Crippen LogP contribution in [-0.4, -0.2) is 10.2 Å². The molecule has 86 valence electrons. The molecule has 0 saturated carbocycles. The third kappa shape index (κ3) is 2.61. The summed E-state index contributed by atoms with van der Waals surface area (Å²) in [6.45, 7) is 6.86. The summed E-state index contributed by atoms with van der Waals surface area (Å²) in [5.41, 5.74) is -0.101. The van der Waals surface area contributed by atoms with Gasteiger partial charge in [0.1, 0.15) is 0 Å². The molecule has 0 atom stereocenters. The van der Waals surface area contributed by atoms with Gasteiger partial charge in [0.25, 0.3) is 0 Å². The molecule has 2 aromatic rings. The lowest BCUT2D eigenvalue weighted by molar-refractivity contribution is 0.399. The average molecular weight is 237 g/mol. The summed E-state index contributed by atoms with van der Waals surface area (Å²) >= 11 is 1.70. The van der Waals surface area contributed by atoms with Gasteiger partial charge in [-0.2, -0.15) is 0 Å². The van der Waals surface area contributed by atoms with E-state index in [0.717, 1.165) is 6.54 Å². The van der Waals surface area contributed by atoms with Crippen LogP contribution in [-0.2, 0) is 12.0 Å². The van der Waals surface area contributed by atoms with Gasteiger partial charge in [-0.15, -0.1) is 16.4 Å². The molecule has 0 unspecified atom stereocenters. The van der Waals surface area contributed by atoms with Crippen molar-refractivity contribution in [1.29, 1.82) is 0 Å². The van der Waals surface area contributed by atoms with E-state index >= 15 is 0 Å². The quantitative estimate of drug-likeness (QED) is 0.891. The Morgan fingerprint density at radius 3 is 2.75 bits per heavy atom. The summed E-state index contributed by atoms with van der Waals surface area (Å²) in [7, 11) is 0. The minimum absolute atomic E-state index is 0.101. The molecule has 2 rings (SSSR count). The summed E-state index contributed by atoms with van der Waals surface area (Å²) < 4.78 is 5.52. The molecule has 0 aliphatic heterocycles. The largest absolute Gasteiger partial charge is 0.408 e. The Morgan fingerprint density at radius 1 is 1.38 bits per heavy atom. The van der Waals surface area contributed by atoms with Crippen molar-refractivity contribution in [3.8, 4) is 0 Å². The van der Waals surface area contributed by atoms with E-state index in [0.29, 0.717) is 11.9 Å². The number of rotatable bonds is 3. The van der Waals surface area contributed by atoms with E-state index in [4.69, 9.17) is 4.42 Å². The van der Waals surface area contributed by atoms with Crippen molar-refractivity contribution >= 4 is 17.4 Å². The van der Waals surface area contributed by atoms with Crippen LogP contribution in [0, 0.1) is 0 Å². The first-order chi connectivity index (χ1) is 7.55. The van der Waals surface area contributed by atoms with Crippen molar-refractivity contribution in [2.24, 2.45) is 0 Å². The van der Waals surface area contributed by atoms with Crippen LogP contribution < -0.4 is 5.32 Å². The van der Waals surface area contributed by atoms with E-state index in [2.05, 4.69) is 21.6 Å². The smallest absolute Gasteiger partial charge is 0.315 e. The number of hydrogen-bond acceptors (Lipinski definition) is 5. The van der Waals surface area contributed by atoms with Gasteiger partial charge in [0.2, 0.25) is 5.89 Å². The predicted octanol–water partition coefficient (Wildman–Crippen LogP) is 3.04. The maximum atomic E-state index is 5.52. The van der Waals surface area contributed by atoms with Gasteiger partial charge in [0, 0.05) is 10.3 Å². The third-order valence-electron chi connectivity index (χ3n) is 2.06. The first-order valence-corrected chi connectivity index (χ1v) is 6.04. The average Bonchev–Trinajstić information content (AvgIpc) is 2.85. The zero-order chi connectivity index (χ0) is 11.6. The van der Waals surface area contributed by atoms with Crippen LogP contribution in [0.3, 0.4) is 0 Å². The van der Waals surface area contributed by atoms with Gasteiger partial charge in [0.05, 0.1) is 6.54 Å². The van der Waals surface area contributed by atoms with Crippen molar-refractivity contribution in [3.05, 3.63) is 28.3 Å². The van der Waals surface area contributed by atoms with Crippen molar-refractivity contribution < 1.29 is 4.42 Å². The number of anilines is 1. The molecule has 4 nitrogen and oxygen atoms in total. The Kier molecular flexibility index (Phi) is 2.96. The highest BCUT2D eigenvalue weighted by Gasteiger charge is 2.21. The normalized spacial score (nSPS) is 11.7. The lowest BCUT2D eigenvalue weighted by atomic mass is 9.97. The highest BCUT2D eigenvalue weighted by Crippen LogP contribution is 2.22. The first kappa shape index (κ1) is 11.1. The minimum Gasteiger partial charge on any atom is -0.408 e. The fourth-order valence-corrected chi connectivity index (χ4v) is 1.82. The molecule has 0 amide bonds. The van der Waals surface area contributed by atoms with E-state index in [1.165, 1.54) is 4.88 Å². The lowest BCUT2D eigenvalue weighted by Crippen LogP contribution is -2.11. The Bertz CT molecular complexity index is 442. The molecule has 2 heterocycles. The molecule has 0 aliphatic rings. The molecule has 0 spiro atoms. The van der Waals surface area contributed by atoms with E-state index in [1.54, 1.807) is 11.3 Å². The van der Waals surface area contributed by atoms with Crippen LogP contribution in [0.15, 0.2) is 21.9 Å². The van der Waals surface area contributed by atoms with Crippen molar-refractivity contribution in [3.63, 3.8) is 0 Å². The molecule has 0 bridgehead atoms. The molecular formula is C11H15N3OS. The maximum absolute atomic E-state index is 5.52. The Hall–Kier alpha value is -1.36. The molecule has 0 radical (unpaired) electrons. The van der Waals surface area contributed by atoms with E-state index in [9.17, 15) is 0 Å². The second-order valence-corrected chi connectivity index (χ2v) is 5.63. The number of nitrogens with one attached hydrogen (secondary N) is 1. The van der Waals surface area contributed by atoms with Crippen LogP contribution in [0.2, 0.25) is 0 Å². The molecule has 0 fully saturated rings. The van der Waals surface area contributed by atoms with Gasteiger partial charge in [-0.25, -0.2) is 0 Å². The fraction of sp³-hybridized carbons (Fsp3) is 0.455. The van der Waals surface area contributed by atoms with E-state index in [-0.39, 0.29) is 5.41 Å². The number of thiophene rings is 1. The Labute approximate surface area is 98.7 Å². The van der Waals surface area contributed by atoms with Gasteiger partial charge in [-0.1, -0.05) is 31.9 Å². The summed E-state index contributed by atoms with van der Waals surface area (Å²) in [6.07, 6.45) is 0.